The number of hydrogen-bond acceptors (Lipinski definition) is 3. The van der Waals surface area contributed by atoms with Crippen molar-refractivity contribution < 1.29 is 13.9 Å². The molecule has 1 aromatic rings. The lowest BCUT2D eigenvalue weighted by atomic mass is 9.99. The summed E-state index contributed by atoms with van der Waals surface area (Å²) < 4.78 is 10.0. The van der Waals surface area contributed by atoms with Crippen LogP contribution in [0.3, 0.4) is 0 Å². The molecule has 1 N–H and O–H groups in total. The number of carbonyl (C=O) groups is 1. The SMILES string of the molecule is CC1(C)OC(=O)Nc2cocc21. The van der Waals surface area contributed by atoms with Gasteiger partial charge in [0.1, 0.15) is 11.9 Å². The van der Waals surface area contributed by atoms with E-state index in [2.05, 4.69) is 5.32 Å². The van der Waals surface area contributed by atoms with Crippen molar-refractivity contribution in [2.45, 2.75) is 19.4 Å². The molecule has 0 radical (unpaired) electrons. The van der Waals surface area contributed by atoms with Crippen LogP contribution in [0.2, 0.25) is 0 Å². The maximum absolute atomic E-state index is 11.0. The summed E-state index contributed by atoms with van der Waals surface area (Å²) in [4.78, 5) is 11.0. The third kappa shape index (κ3) is 0.879. The molecular weight excluding hydrogens is 158 g/mol. The normalized spacial score (nSPS) is 19.3. The van der Waals surface area contributed by atoms with Gasteiger partial charge in [-0.3, -0.25) is 5.32 Å². The first-order valence-electron chi connectivity index (χ1n) is 3.66. The van der Waals surface area contributed by atoms with Crippen molar-refractivity contribution in [2.24, 2.45) is 0 Å². The molecule has 1 aliphatic rings. The van der Waals surface area contributed by atoms with Crippen molar-refractivity contribution >= 4 is 11.8 Å². The standard InChI is InChI=1S/C8H9NO3/c1-8(2)5-3-11-4-6(5)9-7(10)12-8/h3-4H,1-2H3,(H,9,10). The molecule has 12 heavy (non-hydrogen) atoms. The van der Waals surface area contributed by atoms with E-state index in [1.165, 1.54) is 6.26 Å². The van der Waals surface area contributed by atoms with Crippen LogP contribution < -0.4 is 5.32 Å². The predicted molar refractivity (Wildman–Crippen MR) is 41.8 cm³/mol. The maximum Gasteiger partial charge on any atom is 0.412 e. The molecule has 0 fully saturated rings. The molecule has 2 rings (SSSR count). The third-order valence-corrected chi connectivity index (χ3v) is 1.90. The highest BCUT2D eigenvalue weighted by atomic mass is 16.6. The van der Waals surface area contributed by atoms with Gasteiger partial charge in [-0.05, 0) is 13.8 Å². The van der Waals surface area contributed by atoms with E-state index in [4.69, 9.17) is 9.15 Å². The monoisotopic (exact) mass is 167 g/mol. The van der Waals surface area contributed by atoms with E-state index in [0.29, 0.717) is 5.69 Å². The number of hydrogen-bond donors (Lipinski definition) is 1. The van der Waals surface area contributed by atoms with Crippen LogP contribution in [-0.4, -0.2) is 6.09 Å². The number of furan rings is 1. The van der Waals surface area contributed by atoms with E-state index < -0.39 is 11.7 Å². The van der Waals surface area contributed by atoms with Crippen LogP contribution >= 0.6 is 0 Å². The lowest BCUT2D eigenvalue weighted by Gasteiger charge is -2.29. The summed E-state index contributed by atoms with van der Waals surface area (Å²) in [5, 5.41) is 2.54. The molecule has 4 nitrogen and oxygen atoms in total. The molecule has 0 aliphatic carbocycles. The Morgan fingerprint density at radius 3 is 2.92 bits per heavy atom. The Labute approximate surface area is 69.5 Å². The first-order valence-corrected chi connectivity index (χ1v) is 3.66. The molecule has 0 saturated carbocycles. The number of nitrogens with one attached hydrogen (secondary N) is 1. The molecule has 64 valence electrons. The van der Waals surface area contributed by atoms with E-state index in [9.17, 15) is 4.79 Å². The van der Waals surface area contributed by atoms with Crippen LogP contribution in [0.4, 0.5) is 10.5 Å². The Hall–Kier alpha value is -1.45. The van der Waals surface area contributed by atoms with Crippen LogP contribution in [-0.2, 0) is 10.3 Å². The van der Waals surface area contributed by atoms with Crippen molar-refractivity contribution in [2.75, 3.05) is 5.32 Å². The smallest absolute Gasteiger partial charge is 0.412 e. The minimum Gasteiger partial charge on any atom is -0.470 e. The lowest BCUT2D eigenvalue weighted by Crippen LogP contribution is -2.33. The molecule has 0 aromatic carbocycles. The molecular formula is C8H9NO3. The Morgan fingerprint density at radius 2 is 2.17 bits per heavy atom. The van der Waals surface area contributed by atoms with Crippen molar-refractivity contribution in [3.63, 3.8) is 0 Å². The average molecular weight is 167 g/mol. The number of rotatable bonds is 0. The number of amides is 1. The molecule has 0 bridgehead atoms. The molecule has 0 spiro atoms. The van der Waals surface area contributed by atoms with Gasteiger partial charge in [0.05, 0.1) is 17.5 Å². The van der Waals surface area contributed by atoms with Crippen molar-refractivity contribution in [3.05, 3.63) is 18.1 Å². The van der Waals surface area contributed by atoms with Gasteiger partial charge in [-0.2, -0.15) is 0 Å². The summed E-state index contributed by atoms with van der Waals surface area (Å²) in [7, 11) is 0. The summed E-state index contributed by atoms with van der Waals surface area (Å²) in [5.74, 6) is 0. The molecule has 1 amide bonds. The fourth-order valence-corrected chi connectivity index (χ4v) is 1.28. The van der Waals surface area contributed by atoms with Crippen LogP contribution in [0, 0.1) is 0 Å². The second-order valence-corrected chi connectivity index (χ2v) is 3.22. The second kappa shape index (κ2) is 2.03. The molecule has 0 saturated heterocycles. The first-order chi connectivity index (χ1) is 5.59. The van der Waals surface area contributed by atoms with Crippen molar-refractivity contribution in [1.82, 2.24) is 0 Å². The van der Waals surface area contributed by atoms with E-state index in [1.807, 2.05) is 13.8 Å². The van der Waals surface area contributed by atoms with Gasteiger partial charge in [0.25, 0.3) is 0 Å². The maximum atomic E-state index is 11.0. The Bertz CT molecular complexity index is 327. The quantitative estimate of drug-likeness (QED) is 0.643. The van der Waals surface area contributed by atoms with Gasteiger partial charge in [0.2, 0.25) is 0 Å². The third-order valence-electron chi connectivity index (χ3n) is 1.90. The van der Waals surface area contributed by atoms with Crippen molar-refractivity contribution in [3.8, 4) is 0 Å². The highest BCUT2D eigenvalue weighted by Gasteiger charge is 2.34. The van der Waals surface area contributed by atoms with Gasteiger partial charge < -0.3 is 9.15 Å². The fourth-order valence-electron chi connectivity index (χ4n) is 1.28. The van der Waals surface area contributed by atoms with Crippen LogP contribution in [0.1, 0.15) is 19.4 Å². The van der Waals surface area contributed by atoms with E-state index in [0.717, 1.165) is 5.56 Å². The van der Waals surface area contributed by atoms with Gasteiger partial charge in [-0.1, -0.05) is 0 Å². The fraction of sp³-hybridized carbons (Fsp3) is 0.375. The van der Waals surface area contributed by atoms with Gasteiger partial charge in [0, 0.05) is 0 Å². The Morgan fingerprint density at radius 1 is 1.42 bits per heavy atom. The van der Waals surface area contributed by atoms with E-state index >= 15 is 0 Å². The number of ether oxygens (including phenoxy) is 1. The Balaban J connectivity index is 2.52. The van der Waals surface area contributed by atoms with Gasteiger partial charge in [-0.15, -0.1) is 0 Å². The topological polar surface area (TPSA) is 51.5 Å². The summed E-state index contributed by atoms with van der Waals surface area (Å²) >= 11 is 0. The van der Waals surface area contributed by atoms with Gasteiger partial charge in [0.15, 0.2) is 0 Å². The molecule has 2 heterocycles. The summed E-state index contributed by atoms with van der Waals surface area (Å²) in [6.07, 6.45) is 2.64. The number of cyclic esters (lactones) is 1. The van der Waals surface area contributed by atoms with Crippen LogP contribution in [0.25, 0.3) is 0 Å². The zero-order valence-electron chi connectivity index (χ0n) is 6.88. The van der Waals surface area contributed by atoms with E-state index in [-0.39, 0.29) is 0 Å². The van der Waals surface area contributed by atoms with Crippen LogP contribution in [0.15, 0.2) is 16.9 Å². The molecule has 4 heteroatoms. The van der Waals surface area contributed by atoms with Crippen LogP contribution in [0.5, 0.6) is 0 Å². The average Bonchev–Trinajstić information content (AvgIpc) is 2.32. The molecule has 0 atom stereocenters. The van der Waals surface area contributed by atoms with E-state index in [1.54, 1.807) is 6.26 Å². The number of fused-ring (bicyclic) bond motifs is 1. The first kappa shape index (κ1) is 7.21. The number of carbonyl (C=O) groups excluding carboxylic acids is 1. The van der Waals surface area contributed by atoms with Gasteiger partial charge in [-0.25, -0.2) is 4.79 Å². The lowest BCUT2D eigenvalue weighted by molar-refractivity contribution is 0.0419. The Kier molecular flexibility index (Phi) is 1.22. The second-order valence-electron chi connectivity index (χ2n) is 3.22. The largest absolute Gasteiger partial charge is 0.470 e. The highest BCUT2D eigenvalue weighted by Crippen LogP contribution is 2.35. The summed E-state index contributed by atoms with van der Waals surface area (Å²) in [6.45, 7) is 3.64. The van der Waals surface area contributed by atoms with Gasteiger partial charge >= 0.3 is 6.09 Å². The number of anilines is 1. The zero-order valence-corrected chi connectivity index (χ0v) is 6.88. The predicted octanol–water partition coefficient (Wildman–Crippen LogP) is 2.08. The summed E-state index contributed by atoms with van der Waals surface area (Å²) in [6, 6.07) is 0. The molecule has 1 aliphatic heterocycles. The summed E-state index contributed by atoms with van der Waals surface area (Å²) in [5.41, 5.74) is 0.961. The zero-order chi connectivity index (χ0) is 8.77. The minimum absolute atomic E-state index is 0.436. The molecule has 0 unspecified atom stereocenters. The van der Waals surface area contributed by atoms with Crippen molar-refractivity contribution in [1.29, 1.82) is 0 Å². The molecule has 1 aromatic heterocycles. The highest BCUT2D eigenvalue weighted by molar-refractivity contribution is 5.88. The minimum atomic E-state index is -0.593.